The molecule has 2 amide bonds. The van der Waals surface area contributed by atoms with Gasteiger partial charge in [0.25, 0.3) is 5.91 Å². The maximum absolute atomic E-state index is 12.3. The van der Waals surface area contributed by atoms with Crippen molar-refractivity contribution in [1.29, 1.82) is 0 Å². The van der Waals surface area contributed by atoms with Crippen molar-refractivity contribution >= 4 is 11.8 Å². The lowest BCUT2D eigenvalue weighted by molar-refractivity contribution is -0.149. The van der Waals surface area contributed by atoms with Crippen LogP contribution in [-0.2, 0) is 16.1 Å². The van der Waals surface area contributed by atoms with Crippen LogP contribution in [0, 0.1) is 12.8 Å². The highest BCUT2D eigenvalue weighted by molar-refractivity contribution is 5.95. The van der Waals surface area contributed by atoms with Crippen molar-refractivity contribution in [3.05, 3.63) is 17.5 Å². The largest absolute Gasteiger partial charge is 0.365 e. The van der Waals surface area contributed by atoms with E-state index in [0.717, 1.165) is 18.8 Å². The lowest BCUT2D eigenvalue weighted by atomic mass is 10.1. The fourth-order valence-electron chi connectivity index (χ4n) is 2.71. The van der Waals surface area contributed by atoms with Gasteiger partial charge in [-0.25, -0.2) is 0 Å². The maximum atomic E-state index is 12.3. The molecule has 7 nitrogen and oxygen atoms in total. The lowest BCUT2D eigenvalue weighted by Crippen LogP contribution is -2.51. The predicted molar refractivity (Wildman–Crippen MR) is 86.1 cm³/mol. The molecule has 2 rings (SSSR count). The summed E-state index contributed by atoms with van der Waals surface area (Å²) < 4.78 is 7.30. The molecule has 1 unspecified atom stereocenters. The molecular formula is C16H26N4O3. The summed E-state index contributed by atoms with van der Waals surface area (Å²) in [5.74, 6) is 0.272. The summed E-state index contributed by atoms with van der Waals surface area (Å²) in [5, 5.41) is 7.06. The third-order valence-electron chi connectivity index (χ3n) is 3.94. The van der Waals surface area contributed by atoms with Gasteiger partial charge in [-0.2, -0.15) is 5.10 Å². The zero-order valence-electron chi connectivity index (χ0n) is 14.3. The zero-order chi connectivity index (χ0) is 17.0. The van der Waals surface area contributed by atoms with E-state index in [4.69, 9.17) is 4.74 Å². The van der Waals surface area contributed by atoms with Crippen LogP contribution in [-0.4, -0.2) is 58.8 Å². The first-order valence-electron chi connectivity index (χ1n) is 8.12. The molecular weight excluding hydrogens is 296 g/mol. The highest BCUT2D eigenvalue weighted by Crippen LogP contribution is 2.10. The minimum absolute atomic E-state index is 0.0151. The molecule has 1 N–H and O–H groups in total. The number of nitrogens with zero attached hydrogens (tertiary/aromatic N) is 3. The number of amides is 2. The van der Waals surface area contributed by atoms with E-state index in [1.54, 1.807) is 10.9 Å². The number of hydrogen-bond acceptors (Lipinski definition) is 4. The molecule has 1 atom stereocenters. The van der Waals surface area contributed by atoms with Crippen molar-refractivity contribution in [3.8, 4) is 0 Å². The summed E-state index contributed by atoms with van der Waals surface area (Å²) in [6, 6.07) is 0. The number of morpholine rings is 1. The minimum Gasteiger partial charge on any atom is -0.365 e. The molecule has 0 aliphatic carbocycles. The summed E-state index contributed by atoms with van der Waals surface area (Å²) in [6.07, 6.45) is 1.42. The fourth-order valence-corrected chi connectivity index (χ4v) is 2.71. The van der Waals surface area contributed by atoms with E-state index in [1.165, 1.54) is 0 Å². The van der Waals surface area contributed by atoms with Crippen LogP contribution in [0.3, 0.4) is 0 Å². The number of carbonyl (C=O) groups excluding carboxylic acids is 2. The normalized spacial score (nSPS) is 18.6. The van der Waals surface area contributed by atoms with Gasteiger partial charge in [-0.15, -0.1) is 0 Å². The van der Waals surface area contributed by atoms with Gasteiger partial charge in [0, 0.05) is 31.9 Å². The molecule has 1 fully saturated rings. The summed E-state index contributed by atoms with van der Waals surface area (Å²) >= 11 is 0. The van der Waals surface area contributed by atoms with Crippen molar-refractivity contribution in [2.45, 2.75) is 40.3 Å². The zero-order valence-corrected chi connectivity index (χ0v) is 14.3. The van der Waals surface area contributed by atoms with Gasteiger partial charge < -0.3 is 15.0 Å². The highest BCUT2D eigenvalue weighted by atomic mass is 16.5. The fraction of sp³-hybridized carbons (Fsp3) is 0.688. The number of aromatic nitrogens is 2. The number of rotatable bonds is 6. The average Bonchev–Trinajstić information content (AvgIpc) is 2.88. The van der Waals surface area contributed by atoms with Crippen LogP contribution >= 0.6 is 0 Å². The second-order valence-corrected chi connectivity index (χ2v) is 6.30. The molecule has 0 saturated carbocycles. The maximum Gasteiger partial charge on any atom is 0.254 e. The molecule has 2 heterocycles. The third-order valence-corrected chi connectivity index (χ3v) is 3.94. The summed E-state index contributed by atoms with van der Waals surface area (Å²) in [5.41, 5.74) is 1.43. The van der Waals surface area contributed by atoms with Crippen molar-refractivity contribution in [2.75, 3.05) is 26.2 Å². The molecule has 1 aromatic heterocycles. The van der Waals surface area contributed by atoms with Crippen LogP contribution in [0.1, 0.15) is 36.8 Å². The van der Waals surface area contributed by atoms with Crippen LogP contribution in [0.2, 0.25) is 0 Å². The standard InChI is InChI=1S/C16H26N4O3/c1-5-20-12(4)14(7-18-20)16(22)17-6-13-9-19(8-11(2)3)15(21)10-23-13/h7,11,13H,5-6,8-10H2,1-4H3,(H,17,22). The predicted octanol–water partition coefficient (Wildman–Crippen LogP) is 0.825. The van der Waals surface area contributed by atoms with E-state index in [-0.39, 0.29) is 24.5 Å². The van der Waals surface area contributed by atoms with E-state index >= 15 is 0 Å². The van der Waals surface area contributed by atoms with Gasteiger partial charge in [-0.1, -0.05) is 13.8 Å². The van der Waals surface area contributed by atoms with Crippen LogP contribution < -0.4 is 5.32 Å². The van der Waals surface area contributed by atoms with Crippen molar-refractivity contribution in [2.24, 2.45) is 5.92 Å². The Morgan fingerprint density at radius 2 is 2.26 bits per heavy atom. The third kappa shape index (κ3) is 4.31. The van der Waals surface area contributed by atoms with Crippen LogP contribution in [0.15, 0.2) is 6.20 Å². The Kier molecular flexibility index (Phi) is 5.76. The molecule has 1 aromatic rings. The highest BCUT2D eigenvalue weighted by Gasteiger charge is 2.27. The Bertz CT molecular complexity index is 568. The number of nitrogens with one attached hydrogen (secondary N) is 1. The first kappa shape index (κ1) is 17.5. The molecule has 0 spiro atoms. The van der Waals surface area contributed by atoms with Gasteiger partial charge in [-0.3, -0.25) is 14.3 Å². The molecule has 23 heavy (non-hydrogen) atoms. The van der Waals surface area contributed by atoms with E-state index in [0.29, 0.717) is 24.6 Å². The quantitative estimate of drug-likeness (QED) is 0.841. The van der Waals surface area contributed by atoms with E-state index in [2.05, 4.69) is 24.3 Å². The molecule has 1 aliphatic rings. The van der Waals surface area contributed by atoms with Gasteiger partial charge in [0.2, 0.25) is 5.91 Å². The Balaban J connectivity index is 1.88. The van der Waals surface area contributed by atoms with E-state index in [1.807, 2.05) is 18.7 Å². The Morgan fingerprint density at radius 3 is 2.87 bits per heavy atom. The first-order valence-corrected chi connectivity index (χ1v) is 8.12. The molecule has 1 saturated heterocycles. The summed E-state index contributed by atoms with van der Waals surface area (Å²) in [4.78, 5) is 25.9. The SMILES string of the molecule is CCn1ncc(C(=O)NCC2CN(CC(C)C)C(=O)CO2)c1C. The first-order chi connectivity index (χ1) is 10.9. The Labute approximate surface area is 137 Å². The van der Waals surface area contributed by atoms with E-state index < -0.39 is 0 Å². The van der Waals surface area contributed by atoms with Gasteiger partial charge in [0.1, 0.15) is 6.61 Å². The Morgan fingerprint density at radius 1 is 1.52 bits per heavy atom. The topological polar surface area (TPSA) is 76.5 Å². The number of hydrogen-bond donors (Lipinski definition) is 1. The van der Waals surface area contributed by atoms with Gasteiger partial charge in [0.05, 0.1) is 17.9 Å². The molecule has 7 heteroatoms. The minimum atomic E-state index is -0.170. The summed E-state index contributed by atoms with van der Waals surface area (Å²) in [6.45, 7) is 10.5. The molecule has 128 valence electrons. The van der Waals surface area contributed by atoms with Gasteiger partial charge >= 0.3 is 0 Å². The van der Waals surface area contributed by atoms with Gasteiger partial charge in [-0.05, 0) is 19.8 Å². The van der Waals surface area contributed by atoms with Crippen LogP contribution in [0.4, 0.5) is 0 Å². The smallest absolute Gasteiger partial charge is 0.254 e. The van der Waals surface area contributed by atoms with Crippen molar-refractivity contribution < 1.29 is 14.3 Å². The van der Waals surface area contributed by atoms with E-state index in [9.17, 15) is 9.59 Å². The average molecular weight is 322 g/mol. The van der Waals surface area contributed by atoms with Crippen molar-refractivity contribution in [3.63, 3.8) is 0 Å². The molecule has 0 radical (unpaired) electrons. The monoisotopic (exact) mass is 322 g/mol. The number of carbonyl (C=O) groups is 2. The van der Waals surface area contributed by atoms with Crippen molar-refractivity contribution in [1.82, 2.24) is 20.0 Å². The number of ether oxygens (including phenoxy) is 1. The Hall–Kier alpha value is -1.89. The second-order valence-electron chi connectivity index (χ2n) is 6.30. The lowest BCUT2D eigenvalue weighted by Gasteiger charge is -2.33. The van der Waals surface area contributed by atoms with Crippen LogP contribution in [0.25, 0.3) is 0 Å². The number of aryl methyl sites for hydroxylation is 1. The molecule has 0 aromatic carbocycles. The van der Waals surface area contributed by atoms with Gasteiger partial charge in [0.15, 0.2) is 0 Å². The molecule has 0 bridgehead atoms. The van der Waals surface area contributed by atoms with Crippen LogP contribution in [0.5, 0.6) is 0 Å². The molecule has 1 aliphatic heterocycles. The second kappa shape index (κ2) is 7.59. The summed E-state index contributed by atoms with van der Waals surface area (Å²) in [7, 11) is 0.